The van der Waals surface area contributed by atoms with Gasteiger partial charge in [0.25, 0.3) is 11.9 Å². The molecule has 1 N–H and O–H groups in total. The third kappa shape index (κ3) is 6.06. The van der Waals surface area contributed by atoms with Crippen molar-refractivity contribution >= 4 is 29.3 Å². The van der Waals surface area contributed by atoms with E-state index >= 15 is 0 Å². The first-order valence-electron chi connectivity index (χ1n) is 9.03. The molecule has 1 amide bonds. The lowest BCUT2D eigenvalue weighted by Gasteiger charge is -2.15. The van der Waals surface area contributed by atoms with Gasteiger partial charge in [-0.3, -0.25) is 4.79 Å². The average Bonchev–Trinajstić information content (AvgIpc) is 2.73. The largest absolute Gasteiger partial charge is 0.481 e. The molecule has 0 aromatic heterocycles. The first kappa shape index (κ1) is 21.3. The van der Waals surface area contributed by atoms with Gasteiger partial charge in [0.15, 0.2) is 6.10 Å². The lowest BCUT2D eigenvalue weighted by Crippen LogP contribution is -2.30. The highest BCUT2D eigenvalue weighted by atomic mass is 35.5. The number of anilines is 1. The number of carbonyl (C=O) groups excluding carboxylic acids is 1. The van der Waals surface area contributed by atoms with Crippen molar-refractivity contribution in [2.45, 2.75) is 13.0 Å². The standard InChI is InChI=1S/C23H18ClF2NO3/c1-15(23(28)27-21-5-3-2-4-20(21)25)29-18-10-12-19(13-11-18)30-22(26)14-16-6-8-17(24)9-7-16/h2-15H,1H3,(H,27,28)/b22-14+/t15-/m1/s1. The summed E-state index contributed by atoms with van der Waals surface area (Å²) in [5, 5.41) is 3.02. The van der Waals surface area contributed by atoms with Gasteiger partial charge in [-0.2, -0.15) is 4.39 Å². The second kappa shape index (κ2) is 9.89. The maximum Gasteiger partial charge on any atom is 0.278 e. The molecule has 0 aliphatic rings. The molecule has 30 heavy (non-hydrogen) atoms. The monoisotopic (exact) mass is 429 g/mol. The van der Waals surface area contributed by atoms with Crippen LogP contribution in [0.25, 0.3) is 6.08 Å². The molecule has 0 aliphatic carbocycles. The minimum absolute atomic E-state index is 0.0737. The van der Waals surface area contributed by atoms with E-state index in [0.717, 1.165) is 0 Å². The molecule has 4 nitrogen and oxygen atoms in total. The number of benzene rings is 3. The zero-order chi connectivity index (χ0) is 21.5. The zero-order valence-electron chi connectivity index (χ0n) is 15.9. The predicted molar refractivity (Wildman–Crippen MR) is 113 cm³/mol. The van der Waals surface area contributed by atoms with Crippen molar-refractivity contribution in [1.82, 2.24) is 0 Å². The summed E-state index contributed by atoms with van der Waals surface area (Å²) >= 11 is 5.80. The number of halogens is 3. The Hall–Kier alpha value is -3.38. The van der Waals surface area contributed by atoms with Gasteiger partial charge < -0.3 is 14.8 Å². The number of amides is 1. The Kier molecular flexibility index (Phi) is 7.03. The molecule has 1 atom stereocenters. The maximum absolute atomic E-state index is 14.0. The zero-order valence-corrected chi connectivity index (χ0v) is 16.7. The summed E-state index contributed by atoms with van der Waals surface area (Å²) in [6.45, 7) is 1.54. The molecule has 0 heterocycles. The summed E-state index contributed by atoms with van der Waals surface area (Å²) in [7, 11) is 0. The van der Waals surface area contributed by atoms with E-state index in [0.29, 0.717) is 16.3 Å². The first-order chi connectivity index (χ1) is 14.4. The van der Waals surface area contributed by atoms with Crippen LogP contribution in [-0.4, -0.2) is 12.0 Å². The van der Waals surface area contributed by atoms with Crippen molar-refractivity contribution < 1.29 is 23.0 Å². The van der Waals surface area contributed by atoms with E-state index in [1.165, 1.54) is 55.5 Å². The molecular formula is C23H18ClF2NO3. The van der Waals surface area contributed by atoms with Gasteiger partial charge in [-0.25, -0.2) is 4.39 Å². The summed E-state index contributed by atoms with van der Waals surface area (Å²) in [4.78, 5) is 12.2. The summed E-state index contributed by atoms with van der Waals surface area (Å²) in [5.74, 6) is -0.403. The van der Waals surface area contributed by atoms with E-state index < -0.39 is 23.8 Å². The van der Waals surface area contributed by atoms with Gasteiger partial charge in [0.1, 0.15) is 17.3 Å². The van der Waals surface area contributed by atoms with E-state index in [9.17, 15) is 13.6 Å². The van der Waals surface area contributed by atoms with Gasteiger partial charge in [-0.05, 0) is 61.0 Å². The van der Waals surface area contributed by atoms with Crippen LogP contribution in [0.5, 0.6) is 11.5 Å². The maximum atomic E-state index is 14.0. The number of rotatable bonds is 7. The van der Waals surface area contributed by atoms with Crippen LogP contribution in [0.2, 0.25) is 5.02 Å². The Bertz CT molecular complexity index is 1040. The molecular weight excluding hydrogens is 412 g/mol. The smallest absolute Gasteiger partial charge is 0.278 e. The number of hydrogen-bond acceptors (Lipinski definition) is 3. The molecule has 0 saturated carbocycles. The second-order valence-electron chi connectivity index (χ2n) is 6.30. The van der Waals surface area contributed by atoms with E-state index in [-0.39, 0.29) is 11.4 Å². The Morgan fingerprint density at radius 3 is 2.30 bits per heavy atom. The molecule has 154 valence electrons. The van der Waals surface area contributed by atoms with Crippen molar-refractivity contribution in [2.24, 2.45) is 0 Å². The molecule has 7 heteroatoms. The van der Waals surface area contributed by atoms with Crippen molar-refractivity contribution in [3.63, 3.8) is 0 Å². The van der Waals surface area contributed by atoms with E-state index in [1.807, 2.05) is 0 Å². The highest BCUT2D eigenvalue weighted by Gasteiger charge is 2.16. The van der Waals surface area contributed by atoms with Crippen LogP contribution in [-0.2, 0) is 4.79 Å². The quantitative estimate of drug-likeness (QED) is 0.453. The minimum Gasteiger partial charge on any atom is -0.481 e. The molecule has 0 aliphatic heterocycles. The molecule has 0 saturated heterocycles. The Balaban J connectivity index is 1.56. The van der Waals surface area contributed by atoms with Crippen LogP contribution >= 0.6 is 11.6 Å². The van der Waals surface area contributed by atoms with Crippen LogP contribution in [0.15, 0.2) is 78.8 Å². The molecule has 0 unspecified atom stereocenters. The number of carbonyl (C=O) groups is 1. The SMILES string of the molecule is C[C@@H](Oc1ccc(O/C(F)=C/c2ccc(Cl)cc2)cc1)C(=O)Nc1ccccc1F. The number of nitrogens with one attached hydrogen (secondary N) is 1. The van der Waals surface area contributed by atoms with Crippen LogP contribution in [0.3, 0.4) is 0 Å². The second-order valence-corrected chi connectivity index (χ2v) is 6.74. The third-order valence-electron chi connectivity index (χ3n) is 4.00. The summed E-state index contributed by atoms with van der Waals surface area (Å²) in [5.41, 5.74) is 0.677. The fourth-order valence-electron chi connectivity index (χ4n) is 2.47. The fourth-order valence-corrected chi connectivity index (χ4v) is 2.60. The van der Waals surface area contributed by atoms with Gasteiger partial charge in [0.05, 0.1) is 5.69 Å². The summed E-state index contributed by atoms with van der Waals surface area (Å²) < 4.78 is 38.3. The molecule has 3 rings (SSSR count). The van der Waals surface area contributed by atoms with Gasteiger partial charge in [0.2, 0.25) is 0 Å². The number of para-hydroxylation sites is 1. The molecule has 0 spiro atoms. The van der Waals surface area contributed by atoms with Gasteiger partial charge >= 0.3 is 0 Å². The lowest BCUT2D eigenvalue weighted by molar-refractivity contribution is -0.122. The van der Waals surface area contributed by atoms with Crippen LogP contribution in [0.4, 0.5) is 14.5 Å². The number of hydrogen-bond donors (Lipinski definition) is 1. The van der Waals surface area contributed by atoms with Gasteiger partial charge in [-0.1, -0.05) is 35.9 Å². The van der Waals surface area contributed by atoms with Crippen molar-refractivity contribution in [3.8, 4) is 11.5 Å². The molecule has 0 radical (unpaired) electrons. The Morgan fingerprint density at radius 2 is 1.63 bits per heavy atom. The van der Waals surface area contributed by atoms with Crippen LogP contribution in [0.1, 0.15) is 12.5 Å². The first-order valence-corrected chi connectivity index (χ1v) is 9.41. The molecule has 0 fully saturated rings. The lowest BCUT2D eigenvalue weighted by atomic mass is 10.2. The molecule has 0 bridgehead atoms. The van der Waals surface area contributed by atoms with E-state index in [1.54, 1.807) is 30.3 Å². The van der Waals surface area contributed by atoms with Crippen LogP contribution < -0.4 is 14.8 Å². The van der Waals surface area contributed by atoms with E-state index in [4.69, 9.17) is 21.1 Å². The topological polar surface area (TPSA) is 47.6 Å². The van der Waals surface area contributed by atoms with E-state index in [2.05, 4.69) is 5.32 Å². The summed E-state index contributed by atoms with van der Waals surface area (Å²) in [6.07, 6.45) is 0.355. The summed E-state index contributed by atoms with van der Waals surface area (Å²) in [6, 6.07) is 17.8. The predicted octanol–water partition coefficient (Wildman–Crippen LogP) is 6.23. The minimum atomic E-state index is -0.877. The normalized spacial score (nSPS) is 12.2. The van der Waals surface area contributed by atoms with Crippen LogP contribution in [0, 0.1) is 5.82 Å². The highest BCUT2D eigenvalue weighted by Crippen LogP contribution is 2.22. The van der Waals surface area contributed by atoms with Crippen molar-refractivity contribution in [2.75, 3.05) is 5.32 Å². The molecule has 3 aromatic rings. The Morgan fingerprint density at radius 1 is 1.00 bits per heavy atom. The molecule has 3 aromatic carbocycles. The van der Waals surface area contributed by atoms with Gasteiger partial charge in [0, 0.05) is 11.1 Å². The number of ether oxygens (including phenoxy) is 2. The van der Waals surface area contributed by atoms with Crippen molar-refractivity contribution in [3.05, 3.63) is 95.2 Å². The van der Waals surface area contributed by atoms with Crippen molar-refractivity contribution in [1.29, 1.82) is 0 Å². The Labute approximate surface area is 177 Å². The van der Waals surface area contributed by atoms with Gasteiger partial charge in [-0.15, -0.1) is 0 Å². The highest BCUT2D eigenvalue weighted by molar-refractivity contribution is 6.30. The third-order valence-corrected chi connectivity index (χ3v) is 4.26. The average molecular weight is 430 g/mol. The fraction of sp³-hybridized carbons (Fsp3) is 0.0870.